The van der Waals surface area contributed by atoms with Crippen molar-refractivity contribution in [2.24, 2.45) is 0 Å². The van der Waals surface area contributed by atoms with Gasteiger partial charge in [0.1, 0.15) is 11.4 Å². The maximum absolute atomic E-state index is 8.71. The smallest absolute Gasteiger partial charge is 0.144 e. The van der Waals surface area contributed by atoms with Gasteiger partial charge in [0, 0.05) is 11.3 Å². The van der Waals surface area contributed by atoms with Crippen LogP contribution in [0.3, 0.4) is 0 Å². The highest BCUT2D eigenvalue weighted by Gasteiger charge is 2.10. The molecule has 2 aromatic rings. The van der Waals surface area contributed by atoms with Gasteiger partial charge in [-0.2, -0.15) is 10.4 Å². The predicted molar refractivity (Wildman–Crippen MR) is 64.2 cm³/mol. The number of rotatable bonds is 3. The number of nitrogens with zero attached hydrogens (tertiary/aromatic N) is 3. The van der Waals surface area contributed by atoms with Gasteiger partial charge in [0.05, 0.1) is 25.8 Å². The molecule has 0 radical (unpaired) electrons. The zero-order valence-corrected chi connectivity index (χ0v) is 9.84. The Kier molecular flexibility index (Phi) is 3.10. The van der Waals surface area contributed by atoms with E-state index >= 15 is 0 Å². The van der Waals surface area contributed by atoms with Crippen LogP contribution >= 0.6 is 0 Å². The van der Waals surface area contributed by atoms with Crippen molar-refractivity contribution in [3.05, 3.63) is 41.7 Å². The quantitative estimate of drug-likeness (QED) is 0.808. The molecule has 0 N–H and O–H groups in total. The number of methoxy groups -OCH3 is 1. The molecule has 0 saturated heterocycles. The molecule has 86 valence electrons. The first-order valence-electron chi connectivity index (χ1n) is 5.31. The summed E-state index contributed by atoms with van der Waals surface area (Å²) in [6, 6.07) is 9.81. The van der Waals surface area contributed by atoms with Crippen LogP contribution in [0.2, 0.25) is 0 Å². The van der Waals surface area contributed by atoms with Gasteiger partial charge in [0.2, 0.25) is 0 Å². The fourth-order valence-corrected chi connectivity index (χ4v) is 1.75. The minimum Gasteiger partial charge on any atom is -0.494 e. The van der Waals surface area contributed by atoms with E-state index in [1.165, 1.54) is 0 Å². The van der Waals surface area contributed by atoms with Crippen LogP contribution in [0.15, 0.2) is 30.5 Å². The zero-order chi connectivity index (χ0) is 12.3. The normalized spacial score (nSPS) is 9.94. The van der Waals surface area contributed by atoms with Gasteiger partial charge in [0.15, 0.2) is 0 Å². The second kappa shape index (κ2) is 4.71. The van der Waals surface area contributed by atoms with Gasteiger partial charge in [-0.1, -0.05) is 12.1 Å². The fraction of sp³-hybridized carbons (Fsp3) is 0.231. The van der Waals surface area contributed by atoms with E-state index in [0.29, 0.717) is 6.42 Å². The highest BCUT2D eigenvalue weighted by Crippen LogP contribution is 2.23. The van der Waals surface area contributed by atoms with Crippen LogP contribution in [0.1, 0.15) is 11.3 Å². The summed E-state index contributed by atoms with van der Waals surface area (Å²) in [4.78, 5) is 0. The molecule has 1 aromatic heterocycles. The van der Waals surface area contributed by atoms with Crippen LogP contribution in [-0.2, 0) is 6.42 Å². The van der Waals surface area contributed by atoms with Crippen molar-refractivity contribution in [3.8, 4) is 17.5 Å². The standard InChI is InChI=1S/C13H13N3O/c1-10-11(7-8-14)9-15-16(10)12-5-3-4-6-13(12)17-2/h3-6,9H,7H2,1-2H3. The van der Waals surface area contributed by atoms with Crippen molar-refractivity contribution in [1.82, 2.24) is 9.78 Å². The van der Waals surface area contributed by atoms with E-state index < -0.39 is 0 Å². The van der Waals surface area contributed by atoms with Gasteiger partial charge >= 0.3 is 0 Å². The molecule has 0 aliphatic carbocycles. The lowest BCUT2D eigenvalue weighted by molar-refractivity contribution is 0.411. The Hall–Kier alpha value is -2.28. The van der Waals surface area contributed by atoms with Gasteiger partial charge < -0.3 is 4.74 Å². The molecule has 2 rings (SSSR count). The average molecular weight is 227 g/mol. The number of benzene rings is 1. The number of para-hydroxylation sites is 2. The molecule has 4 heteroatoms. The number of hydrogen-bond acceptors (Lipinski definition) is 3. The summed E-state index contributed by atoms with van der Waals surface area (Å²) < 4.78 is 7.10. The molecule has 0 aliphatic rings. The number of nitriles is 1. The Morgan fingerprint density at radius 2 is 2.18 bits per heavy atom. The summed E-state index contributed by atoms with van der Waals surface area (Å²) in [7, 11) is 1.63. The fourth-order valence-electron chi connectivity index (χ4n) is 1.75. The van der Waals surface area contributed by atoms with E-state index in [2.05, 4.69) is 11.2 Å². The Labute approximate surface area is 100 Å². The molecule has 0 saturated carbocycles. The van der Waals surface area contributed by atoms with Gasteiger partial charge in [-0.25, -0.2) is 4.68 Å². The largest absolute Gasteiger partial charge is 0.494 e. The summed E-state index contributed by atoms with van der Waals surface area (Å²) >= 11 is 0. The lowest BCUT2D eigenvalue weighted by atomic mass is 10.2. The Morgan fingerprint density at radius 3 is 2.88 bits per heavy atom. The summed E-state index contributed by atoms with van der Waals surface area (Å²) in [5.74, 6) is 0.766. The molecule has 17 heavy (non-hydrogen) atoms. The van der Waals surface area contributed by atoms with Crippen molar-refractivity contribution >= 4 is 0 Å². The maximum Gasteiger partial charge on any atom is 0.144 e. The molecule has 1 heterocycles. The van der Waals surface area contributed by atoms with Gasteiger partial charge in [-0.3, -0.25) is 0 Å². The van der Waals surface area contributed by atoms with E-state index in [1.54, 1.807) is 18.0 Å². The lowest BCUT2D eigenvalue weighted by Gasteiger charge is -2.09. The van der Waals surface area contributed by atoms with Crippen LogP contribution in [0.25, 0.3) is 5.69 Å². The van der Waals surface area contributed by atoms with Gasteiger partial charge in [-0.15, -0.1) is 0 Å². The van der Waals surface area contributed by atoms with Crippen molar-refractivity contribution < 1.29 is 4.74 Å². The topological polar surface area (TPSA) is 50.8 Å². The van der Waals surface area contributed by atoms with Crippen LogP contribution in [0.4, 0.5) is 0 Å². The minimum atomic E-state index is 0.376. The first-order valence-corrected chi connectivity index (χ1v) is 5.31. The van der Waals surface area contributed by atoms with Crippen molar-refractivity contribution in [2.45, 2.75) is 13.3 Å². The second-order valence-corrected chi connectivity index (χ2v) is 3.67. The molecule has 0 aliphatic heterocycles. The molecule has 1 aromatic carbocycles. The van der Waals surface area contributed by atoms with E-state index in [1.807, 2.05) is 31.2 Å². The second-order valence-electron chi connectivity index (χ2n) is 3.67. The number of ether oxygens (including phenoxy) is 1. The molecular formula is C13H13N3O. The third-order valence-electron chi connectivity index (χ3n) is 2.69. The Morgan fingerprint density at radius 1 is 1.41 bits per heavy atom. The highest BCUT2D eigenvalue weighted by molar-refractivity contribution is 5.47. The van der Waals surface area contributed by atoms with Crippen LogP contribution < -0.4 is 4.74 Å². The third-order valence-corrected chi connectivity index (χ3v) is 2.69. The SMILES string of the molecule is COc1ccccc1-n1ncc(CC#N)c1C. The first-order chi connectivity index (χ1) is 8.27. The molecule has 0 atom stereocenters. The molecule has 0 spiro atoms. The molecular weight excluding hydrogens is 214 g/mol. The zero-order valence-electron chi connectivity index (χ0n) is 9.84. The average Bonchev–Trinajstić information content (AvgIpc) is 2.72. The molecule has 0 fully saturated rings. The molecule has 0 unspecified atom stereocenters. The number of hydrogen-bond donors (Lipinski definition) is 0. The van der Waals surface area contributed by atoms with Crippen molar-refractivity contribution in [2.75, 3.05) is 7.11 Å². The molecule has 0 amide bonds. The van der Waals surface area contributed by atoms with E-state index in [0.717, 1.165) is 22.7 Å². The summed E-state index contributed by atoms with van der Waals surface area (Å²) in [5, 5.41) is 13.0. The van der Waals surface area contributed by atoms with E-state index in [4.69, 9.17) is 10.00 Å². The monoisotopic (exact) mass is 227 g/mol. The predicted octanol–water partition coefficient (Wildman–Crippen LogP) is 2.26. The number of aromatic nitrogens is 2. The molecule has 0 bridgehead atoms. The van der Waals surface area contributed by atoms with Crippen molar-refractivity contribution in [1.29, 1.82) is 5.26 Å². The van der Waals surface area contributed by atoms with Gasteiger partial charge in [-0.05, 0) is 19.1 Å². The summed E-state index contributed by atoms with van der Waals surface area (Å²) in [6.07, 6.45) is 2.10. The van der Waals surface area contributed by atoms with E-state index in [9.17, 15) is 0 Å². The van der Waals surface area contributed by atoms with E-state index in [-0.39, 0.29) is 0 Å². The summed E-state index contributed by atoms with van der Waals surface area (Å²) in [6.45, 7) is 1.95. The van der Waals surface area contributed by atoms with Crippen LogP contribution in [0, 0.1) is 18.3 Å². The lowest BCUT2D eigenvalue weighted by Crippen LogP contribution is -2.02. The van der Waals surface area contributed by atoms with Gasteiger partial charge in [0.25, 0.3) is 0 Å². The highest BCUT2D eigenvalue weighted by atomic mass is 16.5. The van der Waals surface area contributed by atoms with Crippen LogP contribution in [0.5, 0.6) is 5.75 Å². The Balaban J connectivity index is 2.50. The first kappa shape index (κ1) is 11.2. The minimum absolute atomic E-state index is 0.376. The summed E-state index contributed by atoms with van der Waals surface area (Å²) in [5.41, 5.74) is 2.80. The third kappa shape index (κ3) is 2.00. The Bertz CT molecular complexity index is 566. The molecule has 4 nitrogen and oxygen atoms in total. The van der Waals surface area contributed by atoms with Crippen molar-refractivity contribution in [3.63, 3.8) is 0 Å². The van der Waals surface area contributed by atoms with Crippen LogP contribution in [-0.4, -0.2) is 16.9 Å². The maximum atomic E-state index is 8.71.